The summed E-state index contributed by atoms with van der Waals surface area (Å²) in [5.41, 5.74) is 6.11. The lowest BCUT2D eigenvalue weighted by Crippen LogP contribution is -2.42. The number of nitrogens with one attached hydrogen (secondary N) is 1. The van der Waals surface area contributed by atoms with Crippen molar-refractivity contribution in [1.29, 1.82) is 0 Å². The Bertz CT molecular complexity index is 920. The van der Waals surface area contributed by atoms with Crippen molar-refractivity contribution in [2.24, 2.45) is 0 Å². The second-order valence-electron chi connectivity index (χ2n) is 7.74. The third kappa shape index (κ3) is 4.92. The number of benzene rings is 3. The summed E-state index contributed by atoms with van der Waals surface area (Å²) >= 11 is 0. The fraction of sp³-hybridized carbons (Fsp3) is 0.269. The summed E-state index contributed by atoms with van der Waals surface area (Å²) < 4.78 is 0. The van der Waals surface area contributed by atoms with E-state index in [1.807, 2.05) is 17.0 Å². The molecule has 3 aromatic carbocycles. The molecule has 1 aliphatic heterocycles. The molecule has 0 fully saturated rings. The van der Waals surface area contributed by atoms with E-state index in [1.54, 1.807) is 0 Å². The van der Waals surface area contributed by atoms with E-state index in [-0.39, 0.29) is 24.2 Å². The first-order chi connectivity index (χ1) is 14.2. The Balaban J connectivity index is 0.00000256. The first kappa shape index (κ1) is 22.1. The molecule has 0 saturated carbocycles. The summed E-state index contributed by atoms with van der Waals surface area (Å²) in [5, 5.41) is 3.44. The fourth-order valence-corrected chi connectivity index (χ4v) is 4.31. The minimum absolute atomic E-state index is 0. The number of halogens is 1. The van der Waals surface area contributed by atoms with Gasteiger partial charge in [-0.15, -0.1) is 12.4 Å². The smallest absolute Gasteiger partial charge is 0.240 e. The first-order valence-corrected chi connectivity index (χ1v) is 10.4. The highest BCUT2D eigenvalue weighted by Gasteiger charge is 2.24. The summed E-state index contributed by atoms with van der Waals surface area (Å²) in [5.74, 6) is 0.376. The number of amides is 1. The Hall–Kier alpha value is -2.62. The van der Waals surface area contributed by atoms with Crippen molar-refractivity contribution >= 4 is 24.0 Å². The molecule has 0 aliphatic carbocycles. The van der Waals surface area contributed by atoms with Crippen molar-refractivity contribution in [3.05, 3.63) is 101 Å². The minimum Gasteiger partial charge on any atom is -0.311 e. The van der Waals surface area contributed by atoms with Gasteiger partial charge in [-0.1, -0.05) is 78.9 Å². The van der Waals surface area contributed by atoms with Crippen LogP contribution >= 0.6 is 12.4 Å². The lowest BCUT2D eigenvalue weighted by Gasteiger charge is -2.31. The number of aryl methyl sites for hydroxylation is 2. The zero-order valence-electron chi connectivity index (χ0n) is 17.4. The van der Waals surface area contributed by atoms with Crippen LogP contribution in [0.25, 0.3) is 0 Å². The highest BCUT2D eigenvalue weighted by molar-refractivity contribution is 5.96. The average molecular weight is 421 g/mol. The minimum atomic E-state index is 0. The lowest BCUT2D eigenvalue weighted by atomic mass is 9.91. The van der Waals surface area contributed by atoms with Gasteiger partial charge in [0.05, 0.1) is 6.54 Å². The van der Waals surface area contributed by atoms with Crippen LogP contribution in [0.4, 0.5) is 5.69 Å². The molecule has 4 rings (SSSR count). The highest BCUT2D eigenvalue weighted by Crippen LogP contribution is 2.30. The molecule has 1 amide bonds. The molecule has 0 saturated heterocycles. The van der Waals surface area contributed by atoms with Gasteiger partial charge in [-0.3, -0.25) is 4.79 Å². The molecule has 0 spiro atoms. The number of carbonyl (C=O) groups excluding carboxylic acids is 1. The third-order valence-electron chi connectivity index (χ3n) is 5.75. The van der Waals surface area contributed by atoms with Crippen molar-refractivity contribution in [3.8, 4) is 0 Å². The maximum atomic E-state index is 13.0. The average Bonchev–Trinajstić information content (AvgIpc) is 2.77. The second kappa shape index (κ2) is 10.4. The Labute approximate surface area is 185 Å². The SMILES string of the molecule is Cc1cccc2c1N(C(=O)CNCC(c1ccccc1)c1ccccc1)CCC2.Cl. The molecule has 3 nitrogen and oxygen atoms in total. The first-order valence-electron chi connectivity index (χ1n) is 10.4. The summed E-state index contributed by atoms with van der Waals surface area (Å²) in [6.07, 6.45) is 2.08. The molecule has 1 heterocycles. The Morgan fingerprint density at radius 1 is 0.933 bits per heavy atom. The van der Waals surface area contributed by atoms with Crippen LogP contribution in [0.5, 0.6) is 0 Å². The Kier molecular flexibility index (Phi) is 7.67. The molecule has 1 N–H and O–H groups in total. The van der Waals surface area contributed by atoms with Crippen LogP contribution in [0.1, 0.15) is 34.6 Å². The maximum Gasteiger partial charge on any atom is 0.240 e. The molecular weight excluding hydrogens is 392 g/mol. The molecule has 3 aromatic rings. The highest BCUT2D eigenvalue weighted by atomic mass is 35.5. The monoisotopic (exact) mass is 420 g/mol. The third-order valence-corrected chi connectivity index (χ3v) is 5.75. The van der Waals surface area contributed by atoms with Gasteiger partial charge in [-0.25, -0.2) is 0 Å². The van der Waals surface area contributed by atoms with E-state index in [0.717, 1.165) is 31.6 Å². The van der Waals surface area contributed by atoms with Gasteiger partial charge in [0.25, 0.3) is 0 Å². The molecule has 0 unspecified atom stereocenters. The summed E-state index contributed by atoms with van der Waals surface area (Å²) in [7, 11) is 0. The van der Waals surface area contributed by atoms with E-state index >= 15 is 0 Å². The number of anilines is 1. The van der Waals surface area contributed by atoms with E-state index in [9.17, 15) is 4.79 Å². The summed E-state index contributed by atoms with van der Waals surface area (Å²) in [6, 6.07) is 27.3. The van der Waals surface area contributed by atoms with Gasteiger partial charge < -0.3 is 10.2 Å². The van der Waals surface area contributed by atoms with E-state index in [0.29, 0.717) is 6.54 Å². The largest absolute Gasteiger partial charge is 0.311 e. The maximum absolute atomic E-state index is 13.0. The normalized spacial score (nSPS) is 12.9. The molecule has 156 valence electrons. The number of carbonyl (C=O) groups is 1. The van der Waals surface area contributed by atoms with Crippen LogP contribution in [0.3, 0.4) is 0 Å². The van der Waals surface area contributed by atoms with Gasteiger partial charge in [-0.05, 0) is 42.0 Å². The molecule has 0 aromatic heterocycles. The molecule has 0 bridgehead atoms. The fourth-order valence-electron chi connectivity index (χ4n) is 4.31. The van der Waals surface area contributed by atoms with Crippen molar-refractivity contribution in [1.82, 2.24) is 5.32 Å². The predicted molar refractivity (Wildman–Crippen MR) is 127 cm³/mol. The van der Waals surface area contributed by atoms with Gasteiger partial charge in [0.15, 0.2) is 0 Å². The molecule has 0 radical (unpaired) electrons. The van der Waals surface area contributed by atoms with Crippen LogP contribution in [0.15, 0.2) is 78.9 Å². The van der Waals surface area contributed by atoms with Crippen LogP contribution in [0.2, 0.25) is 0 Å². The van der Waals surface area contributed by atoms with E-state index in [1.165, 1.54) is 22.3 Å². The number of hydrogen-bond acceptors (Lipinski definition) is 2. The molecule has 30 heavy (non-hydrogen) atoms. The molecular formula is C26H29ClN2O. The molecule has 4 heteroatoms. The number of rotatable bonds is 6. The lowest BCUT2D eigenvalue weighted by molar-refractivity contribution is -0.117. The van der Waals surface area contributed by atoms with Gasteiger partial charge in [0, 0.05) is 24.7 Å². The van der Waals surface area contributed by atoms with Gasteiger partial charge in [-0.2, -0.15) is 0 Å². The van der Waals surface area contributed by atoms with Gasteiger partial charge in [0.1, 0.15) is 0 Å². The molecule has 0 atom stereocenters. The van der Waals surface area contributed by atoms with E-state index in [4.69, 9.17) is 0 Å². The zero-order chi connectivity index (χ0) is 20.1. The Morgan fingerprint density at radius 3 is 2.20 bits per heavy atom. The topological polar surface area (TPSA) is 32.3 Å². The Morgan fingerprint density at radius 2 is 1.57 bits per heavy atom. The number of hydrogen-bond donors (Lipinski definition) is 1. The molecule has 1 aliphatic rings. The summed E-state index contributed by atoms with van der Waals surface area (Å²) in [4.78, 5) is 15.0. The van der Waals surface area contributed by atoms with Gasteiger partial charge in [0.2, 0.25) is 5.91 Å². The summed E-state index contributed by atoms with van der Waals surface area (Å²) in [6.45, 7) is 3.98. The standard InChI is InChI=1S/C26H28N2O.ClH/c1-20-10-8-15-23-16-9-17-28(26(20)23)25(29)19-27-18-24(21-11-4-2-5-12-21)22-13-6-3-7-14-22;/h2-8,10-15,24,27H,9,16-19H2,1H3;1H. The number of para-hydroxylation sites is 1. The van der Waals surface area contributed by atoms with Crippen molar-refractivity contribution in [3.63, 3.8) is 0 Å². The number of fused-ring (bicyclic) bond motifs is 1. The van der Waals surface area contributed by atoms with Crippen LogP contribution in [-0.2, 0) is 11.2 Å². The number of nitrogens with zero attached hydrogens (tertiary/aromatic N) is 1. The van der Waals surface area contributed by atoms with Crippen molar-refractivity contribution < 1.29 is 4.79 Å². The van der Waals surface area contributed by atoms with E-state index < -0.39 is 0 Å². The van der Waals surface area contributed by atoms with Crippen LogP contribution < -0.4 is 10.2 Å². The van der Waals surface area contributed by atoms with Crippen LogP contribution in [0, 0.1) is 6.92 Å². The quantitative estimate of drug-likeness (QED) is 0.600. The van der Waals surface area contributed by atoms with Gasteiger partial charge >= 0.3 is 0 Å². The second-order valence-corrected chi connectivity index (χ2v) is 7.74. The van der Waals surface area contributed by atoms with Crippen molar-refractivity contribution in [2.75, 3.05) is 24.5 Å². The zero-order valence-corrected chi connectivity index (χ0v) is 18.2. The van der Waals surface area contributed by atoms with Crippen LogP contribution in [-0.4, -0.2) is 25.5 Å². The van der Waals surface area contributed by atoms with Crippen molar-refractivity contribution in [2.45, 2.75) is 25.7 Å². The van der Waals surface area contributed by atoms with E-state index in [2.05, 4.69) is 79.0 Å². The predicted octanol–water partition coefficient (Wildman–Crippen LogP) is 5.12.